The molecule has 0 saturated carbocycles. The number of likely N-dealkylation sites (tertiary alicyclic amines) is 1. The number of benzene rings is 1. The number of aryl methyl sites for hydroxylation is 1. The summed E-state index contributed by atoms with van der Waals surface area (Å²) in [4.78, 5) is 31.7. The van der Waals surface area contributed by atoms with Crippen molar-refractivity contribution in [1.82, 2.24) is 9.88 Å². The molecule has 2 atom stereocenters. The van der Waals surface area contributed by atoms with Crippen molar-refractivity contribution < 1.29 is 14.3 Å². The van der Waals surface area contributed by atoms with E-state index in [1.807, 2.05) is 51.1 Å². The number of rotatable bonds is 7. The number of ether oxygens (including phenoxy) is 1. The molecule has 0 spiro atoms. The summed E-state index contributed by atoms with van der Waals surface area (Å²) in [5.41, 5.74) is 1.77. The van der Waals surface area contributed by atoms with Crippen LogP contribution in [0.2, 0.25) is 0 Å². The van der Waals surface area contributed by atoms with Crippen molar-refractivity contribution >= 4 is 23.3 Å². The lowest BCUT2D eigenvalue weighted by Gasteiger charge is -2.35. The number of hydrogen-bond donors (Lipinski definition) is 2. The maximum absolute atomic E-state index is 12.7. The summed E-state index contributed by atoms with van der Waals surface area (Å²) in [7, 11) is 0. The Kier molecular flexibility index (Phi) is 7.41. The fourth-order valence-corrected chi connectivity index (χ4v) is 3.56. The Labute approximate surface area is 177 Å². The minimum absolute atomic E-state index is 0.0461. The maximum atomic E-state index is 12.7. The van der Waals surface area contributed by atoms with E-state index in [0.29, 0.717) is 19.0 Å². The van der Waals surface area contributed by atoms with E-state index in [4.69, 9.17) is 4.74 Å². The number of carbonyl (C=O) groups is 2. The molecule has 30 heavy (non-hydrogen) atoms. The van der Waals surface area contributed by atoms with Crippen molar-refractivity contribution in [3.63, 3.8) is 0 Å². The van der Waals surface area contributed by atoms with Gasteiger partial charge in [-0.3, -0.25) is 14.5 Å². The smallest absolute Gasteiger partial charge is 0.241 e. The minimum Gasteiger partial charge on any atom is -0.494 e. The van der Waals surface area contributed by atoms with Crippen molar-refractivity contribution in [2.24, 2.45) is 5.92 Å². The van der Waals surface area contributed by atoms with Crippen LogP contribution in [-0.2, 0) is 9.59 Å². The van der Waals surface area contributed by atoms with Crippen LogP contribution < -0.4 is 15.4 Å². The predicted molar refractivity (Wildman–Crippen MR) is 118 cm³/mol. The number of hydrogen-bond acceptors (Lipinski definition) is 5. The average molecular weight is 411 g/mol. The summed E-state index contributed by atoms with van der Waals surface area (Å²) in [6.07, 6.45) is 3.41. The van der Waals surface area contributed by atoms with E-state index < -0.39 is 0 Å². The van der Waals surface area contributed by atoms with Crippen molar-refractivity contribution in [2.75, 3.05) is 30.3 Å². The maximum Gasteiger partial charge on any atom is 0.241 e. The van der Waals surface area contributed by atoms with Crippen LogP contribution in [0.1, 0.15) is 32.3 Å². The van der Waals surface area contributed by atoms with Crippen molar-refractivity contribution in [3.05, 3.63) is 48.2 Å². The number of amides is 2. The average Bonchev–Trinajstić information content (AvgIpc) is 2.76. The Morgan fingerprint density at radius 2 is 1.97 bits per heavy atom. The lowest BCUT2D eigenvalue weighted by molar-refractivity contribution is -0.125. The number of piperidine rings is 1. The first kappa shape index (κ1) is 21.8. The summed E-state index contributed by atoms with van der Waals surface area (Å²) < 4.78 is 5.43. The van der Waals surface area contributed by atoms with Crippen LogP contribution in [0.3, 0.4) is 0 Å². The van der Waals surface area contributed by atoms with Gasteiger partial charge in [-0.1, -0.05) is 6.07 Å². The van der Waals surface area contributed by atoms with Gasteiger partial charge in [0.05, 0.1) is 18.6 Å². The zero-order valence-electron chi connectivity index (χ0n) is 17.9. The molecule has 0 unspecified atom stereocenters. The molecule has 2 N–H and O–H groups in total. The van der Waals surface area contributed by atoms with E-state index in [9.17, 15) is 9.59 Å². The Bertz CT molecular complexity index is 852. The highest BCUT2D eigenvalue weighted by Crippen LogP contribution is 2.21. The van der Waals surface area contributed by atoms with Gasteiger partial charge in [0.2, 0.25) is 11.8 Å². The van der Waals surface area contributed by atoms with E-state index in [-0.39, 0.29) is 23.8 Å². The second-order valence-corrected chi connectivity index (χ2v) is 7.67. The second kappa shape index (κ2) is 10.2. The Balaban J connectivity index is 1.54. The van der Waals surface area contributed by atoms with Gasteiger partial charge in [-0.15, -0.1) is 0 Å². The van der Waals surface area contributed by atoms with Crippen molar-refractivity contribution in [3.8, 4) is 5.75 Å². The van der Waals surface area contributed by atoms with E-state index >= 15 is 0 Å². The molecule has 160 valence electrons. The standard InChI is InChI=1S/C23H30N4O3/c1-4-30-20-10-8-19(9-11-20)25-22(28)17(3)27-13-5-6-18(15-27)23(29)26-21-12-7-16(2)14-24-21/h7-12,14,17-18H,4-6,13,15H2,1-3H3,(H,25,28)(H,24,26,29)/t17-,18+/m0/s1. The van der Waals surface area contributed by atoms with Crippen LogP contribution >= 0.6 is 0 Å². The Morgan fingerprint density at radius 1 is 1.20 bits per heavy atom. The lowest BCUT2D eigenvalue weighted by Crippen LogP contribution is -2.49. The first-order valence-corrected chi connectivity index (χ1v) is 10.5. The minimum atomic E-state index is -0.329. The lowest BCUT2D eigenvalue weighted by atomic mass is 9.96. The predicted octanol–water partition coefficient (Wildman–Crippen LogP) is 3.47. The Morgan fingerprint density at radius 3 is 2.63 bits per heavy atom. The van der Waals surface area contributed by atoms with Gasteiger partial charge in [0, 0.05) is 18.4 Å². The molecule has 7 nitrogen and oxygen atoms in total. The Hall–Kier alpha value is -2.93. The van der Waals surface area contributed by atoms with Gasteiger partial charge >= 0.3 is 0 Å². The molecule has 1 aliphatic rings. The molecule has 2 heterocycles. The highest BCUT2D eigenvalue weighted by Gasteiger charge is 2.31. The van der Waals surface area contributed by atoms with Crippen molar-refractivity contribution in [2.45, 2.75) is 39.7 Å². The molecule has 0 aliphatic carbocycles. The SMILES string of the molecule is CCOc1ccc(NC(=O)[C@H](C)N2CCC[C@@H](C(=O)Nc3ccc(C)cn3)C2)cc1. The highest BCUT2D eigenvalue weighted by molar-refractivity contribution is 5.95. The molecule has 0 radical (unpaired) electrons. The summed E-state index contributed by atoms with van der Waals surface area (Å²) >= 11 is 0. The van der Waals surface area contributed by atoms with Gasteiger partial charge in [-0.2, -0.15) is 0 Å². The van der Waals surface area contributed by atoms with Gasteiger partial charge < -0.3 is 15.4 Å². The number of anilines is 2. The molecule has 3 rings (SSSR count). The van der Waals surface area contributed by atoms with Crippen molar-refractivity contribution in [1.29, 1.82) is 0 Å². The third-order valence-corrected chi connectivity index (χ3v) is 5.35. The van der Waals surface area contributed by atoms with Gasteiger partial charge in [0.15, 0.2) is 0 Å². The van der Waals surface area contributed by atoms with Crippen LogP contribution in [-0.4, -0.2) is 47.4 Å². The van der Waals surface area contributed by atoms with E-state index in [1.54, 1.807) is 12.3 Å². The summed E-state index contributed by atoms with van der Waals surface area (Å²) in [6.45, 7) is 7.72. The third-order valence-electron chi connectivity index (χ3n) is 5.35. The largest absolute Gasteiger partial charge is 0.494 e. The number of nitrogens with one attached hydrogen (secondary N) is 2. The van der Waals surface area contributed by atoms with E-state index in [2.05, 4.69) is 20.5 Å². The molecular formula is C23H30N4O3. The van der Waals surface area contributed by atoms with Gasteiger partial charge in [0.25, 0.3) is 0 Å². The first-order valence-electron chi connectivity index (χ1n) is 10.5. The summed E-state index contributed by atoms with van der Waals surface area (Å²) in [5.74, 6) is 1.04. The fourth-order valence-electron chi connectivity index (χ4n) is 3.56. The van der Waals surface area contributed by atoms with E-state index in [1.165, 1.54) is 0 Å². The van der Waals surface area contributed by atoms with Crippen LogP contribution in [0.4, 0.5) is 11.5 Å². The monoisotopic (exact) mass is 410 g/mol. The highest BCUT2D eigenvalue weighted by atomic mass is 16.5. The van der Waals surface area contributed by atoms with Crippen LogP contribution in [0.5, 0.6) is 5.75 Å². The molecule has 2 aromatic rings. The zero-order chi connectivity index (χ0) is 21.5. The van der Waals surface area contributed by atoms with Crippen LogP contribution in [0, 0.1) is 12.8 Å². The van der Waals surface area contributed by atoms with Crippen LogP contribution in [0.25, 0.3) is 0 Å². The fraction of sp³-hybridized carbons (Fsp3) is 0.435. The van der Waals surface area contributed by atoms with Gasteiger partial charge in [-0.25, -0.2) is 4.98 Å². The number of nitrogens with zero attached hydrogens (tertiary/aromatic N) is 2. The topological polar surface area (TPSA) is 83.6 Å². The second-order valence-electron chi connectivity index (χ2n) is 7.67. The first-order chi connectivity index (χ1) is 14.5. The molecule has 1 fully saturated rings. The summed E-state index contributed by atoms with van der Waals surface area (Å²) in [6, 6.07) is 10.7. The summed E-state index contributed by atoms with van der Waals surface area (Å²) in [5, 5.41) is 5.84. The molecule has 1 aliphatic heterocycles. The van der Waals surface area contributed by atoms with Gasteiger partial charge in [0.1, 0.15) is 11.6 Å². The third kappa shape index (κ3) is 5.79. The molecule has 1 aromatic heterocycles. The quantitative estimate of drug-likeness (QED) is 0.730. The number of carbonyl (C=O) groups excluding carboxylic acids is 2. The normalized spacial score (nSPS) is 17.8. The van der Waals surface area contributed by atoms with E-state index in [0.717, 1.165) is 36.4 Å². The number of aromatic nitrogens is 1. The molecule has 1 saturated heterocycles. The molecule has 0 bridgehead atoms. The number of pyridine rings is 1. The van der Waals surface area contributed by atoms with Gasteiger partial charge in [-0.05, 0) is 76.1 Å². The molecular weight excluding hydrogens is 380 g/mol. The zero-order valence-corrected chi connectivity index (χ0v) is 17.9. The molecule has 2 amide bonds. The molecule has 1 aromatic carbocycles. The van der Waals surface area contributed by atoms with Crippen LogP contribution in [0.15, 0.2) is 42.6 Å². The molecule has 7 heteroatoms.